The molecule has 0 spiro atoms. The molecule has 0 saturated heterocycles. The van der Waals surface area contributed by atoms with Crippen molar-refractivity contribution in [1.29, 1.82) is 0 Å². The molecule has 4 aliphatic rings. The molecule has 6 rings (SSSR count). The van der Waals surface area contributed by atoms with E-state index in [2.05, 4.69) is 46.8 Å². The van der Waals surface area contributed by atoms with Crippen molar-refractivity contribution in [2.75, 3.05) is 33.8 Å². The summed E-state index contributed by atoms with van der Waals surface area (Å²) in [5.41, 5.74) is 3.35. The molecule has 7 nitrogen and oxygen atoms in total. The maximum absolute atomic E-state index is 13.1. The maximum atomic E-state index is 13.1. The fourth-order valence-electron chi connectivity index (χ4n) is 5.77. The van der Waals surface area contributed by atoms with Crippen molar-refractivity contribution in [2.24, 2.45) is 5.92 Å². The molecule has 2 unspecified atom stereocenters. The zero-order valence-corrected chi connectivity index (χ0v) is 20.0. The summed E-state index contributed by atoms with van der Waals surface area (Å²) in [7, 11) is 4.13. The molecule has 35 heavy (non-hydrogen) atoms. The lowest BCUT2D eigenvalue weighted by Crippen LogP contribution is -2.36. The molecule has 0 radical (unpaired) electrons. The minimum Gasteiger partial charge on any atom is -0.386 e. The normalized spacial score (nSPS) is 26.2. The lowest BCUT2D eigenvalue weighted by Gasteiger charge is -2.30. The smallest absolute Gasteiger partial charge is 0.347 e. The average Bonchev–Trinajstić information content (AvgIpc) is 3.47. The molecule has 1 aromatic carbocycles. The van der Waals surface area contributed by atoms with Crippen LogP contribution < -0.4 is 0 Å². The number of hydrogen-bond donors (Lipinski definition) is 0. The van der Waals surface area contributed by atoms with Gasteiger partial charge in [0.1, 0.15) is 0 Å². The molecule has 3 atom stereocenters. The van der Waals surface area contributed by atoms with Gasteiger partial charge in [-0.05, 0) is 32.2 Å². The predicted octanol–water partition coefficient (Wildman–Crippen LogP) is 3.14. The first-order chi connectivity index (χ1) is 17.0. The molecule has 0 amide bonds. The molecule has 2 aromatic rings. The zero-order chi connectivity index (χ0) is 24.1. The van der Waals surface area contributed by atoms with Gasteiger partial charge in [0.2, 0.25) is 0 Å². The van der Waals surface area contributed by atoms with Crippen LogP contribution in [0.3, 0.4) is 0 Å². The number of esters is 2. The molecule has 7 heteroatoms. The first-order valence-corrected chi connectivity index (χ1v) is 12.2. The van der Waals surface area contributed by atoms with Crippen LogP contribution in [-0.2, 0) is 25.6 Å². The van der Waals surface area contributed by atoms with E-state index < -0.39 is 11.9 Å². The van der Waals surface area contributed by atoms with Crippen LogP contribution in [0.1, 0.15) is 12.0 Å². The number of benzene rings is 1. The van der Waals surface area contributed by atoms with Gasteiger partial charge in [0.25, 0.3) is 0 Å². The van der Waals surface area contributed by atoms with Crippen LogP contribution in [0.25, 0.3) is 16.5 Å². The number of aromatic nitrogens is 1. The lowest BCUT2D eigenvalue weighted by atomic mass is 9.84. The fourth-order valence-corrected chi connectivity index (χ4v) is 5.77. The molecule has 4 heterocycles. The van der Waals surface area contributed by atoms with Crippen molar-refractivity contribution < 1.29 is 19.1 Å². The highest BCUT2D eigenvalue weighted by molar-refractivity contribution is 6.34. The minimum atomic E-state index is -0.575. The first kappa shape index (κ1) is 22.1. The van der Waals surface area contributed by atoms with Crippen molar-refractivity contribution in [3.8, 4) is 0 Å². The second-order valence-electron chi connectivity index (χ2n) is 9.83. The number of hydrogen-bond acceptors (Lipinski definition) is 6. The molecule has 3 aliphatic heterocycles. The molecule has 1 aromatic heterocycles. The number of fused-ring (bicyclic) bond motifs is 11. The van der Waals surface area contributed by atoms with Crippen LogP contribution in [0.4, 0.5) is 0 Å². The summed E-state index contributed by atoms with van der Waals surface area (Å²) in [6.07, 6.45) is 13.3. The van der Waals surface area contributed by atoms with Crippen LogP contribution in [0.15, 0.2) is 72.1 Å². The number of carbonyl (C=O) groups is 2. The van der Waals surface area contributed by atoms with E-state index in [1.807, 2.05) is 42.6 Å². The van der Waals surface area contributed by atoms with Crippen LogP contribution in [0.2, 0.25) is 0 Å². The molecule has 180 valence electrons. The number of rotatable bonds is 2. The Morgan fingerprint density at radius 2 is 1.83 bits per heavy atom. The topological polar surface area (TPSA) is 64.0 Å². The Balaban J connectivity index is 1.54. The minimum absolute atomic E-state index is 0.0184. The summed E-state index contributed by atoms with van der Waals surface area (Å²) in [6.45, 7) is 2.84. The Bertz CT molecular complexity index is 1330. The third-order valence-electron chi connectivity index (χ3n) is 7.31. The van der Waals surface area contributed by atoms with E-state index >= 15 is 0 Å². The van der Waals surface area contributed by atoms with E-state index in [-0.39, 0.29) is 18.1 Å². The number of ether oxygens (including phenoxy) is 2. The van der Waals surface area contributed by atoms with Gasteiger partial charge in [0.15, 0.2) is 0 Å². The number of carbonyl (C=O) groups excluding carboxylic acids is 2. The van der Waals surface area contributed by atoms with Gasteiger partial charge in [-0.15, -0.1) is 0 Å². The monoisotopic (exact) mass is 471 g/mol. The highest BCUT2D eigenvalue weighted by Crippen LogP contribution is 2.44. The predicted molar refractivity (Wildman–Crippen MR) is 133 cm³/mol. The van der Waals surface area contributed by atoms with Crippen LogP contribution in [-0.4, -0.2) is 72.2 Å². The maximum Gasteiger partial charge on any atom is 0.347 e. The van der Waals surface area contributed by atoms with Gasteiger partial charge in [0.05, 0.1) is 29.9 Å². The quantitative estimate of drug-likeness (QED) is 0.495. The van der Waals surface area contributed by atoms with Crippen molar-refractivity contribution >= 4 is 28.4 Å². The van der Waals surface area contributed by atoms with E-state index in [9.17, 15) is 9.59 Å². The standard InChI is InChI=1S/C28H29N3O4/c1-29(2)15-18-11-12-30-16-21(19-7-3-5-9-23(19)30)25-26(28(33)35-27(25)32)22-17-31(13-14-34-18)24-10-6-4-8-20(22)24/h3-10,16-19,23H,11-15H2,1-2H3/t18-,19?,23?/m1/s1. The largest absolute Gasteiger partial charge is 0.386 e. The highest BCUT2D eigenvalue weighted by atomic mass is 16.6. The van der Waals surface area contributed by atoms with Crippen molar-refractivity contribution in [2.45, 2.75) is 25.1 Å². The fraction of sp³-hybridized carbons (Fsp3) is 0.357. The van der Waals surface area contributed by atoms with Gasteiger partial charge in [0, 0.05) is 54.4 Å². The Labute approximate surface area is 204 Å². The molecular formula is C28H29N3O4. The number of nitrogens with zero attached hydrogens (tertiary/aromatic N) is 3. The summed E-state index contributed by atoms with van der Waals surface area (Å²) in [5.74, 6) is -1.15. The third kappa shape index (κ3) is 3.75. The van der Waals surface area contributed by atoms with Crippen molar-refractivity contribution in [3.05, 3.63) is 77.7 Å². The van der Waals surface area contributed by atoms with E-state index in [1.165, 1.54) is 0 Å². The number of para-hydroxylation sites is 1. The third-order valence-corrected chi connectivity index (χ3v) is 7.31. The Kier molecular flexibility index (Phi) is 5.46. The van der Waals surface area contributed by atoms with Crippen LogP contribution in [0.5, 0.6) is 0 Å². The van der Waals surface area contributed by atoms with E-state index in [0.29, 0.717) is 24.3 Å². The molecule has 0 fully saturated rings. The summed E-state index contributed by atoms with van der Waals surface area (Å²) < 4.78 is 13.7. The van der Waals surface area contributed by atoms with Gasteiger partial charge >= 0.3 is 11.9 Å². The molecule has 1 aliphatic carbocycles. The van der Waals surface area contributed by atoms with Gasteiger partial charge in [-0.3, -0.25) is 0 Å². The zero-order valence-electron chi connectivity index (χ0n) is 20.0. The summed E-state index contributed by atoms with van der Waals surface area (Å²) in [6, 6.07) is 8.08. The van der Waals surface area contributed by atoms with Crippen molar-refractivity contribution in [3.63, 3.8) is 0 Å². The number of allylic oxidation sites excluding steroid dienone is 2. The van der Waals surface area contributed by atoms with Crippen LogP contribution in [0, 0.1) is 5.92 Å². The Hall–Kier alpha value is -3.42. The number of likely N-dealkylation sites (N-methyl/N-ethyl adjacent to an activating group) is 1. The van der Waals surface area contributed by atoms with Gasteiger partial charge in [-0.25, -0.2) is 9.59 Å². The van der Waals surface area contributed by atoms with Gasteiger partial charge < -0.3 is 23.8 Å². The first-order valence-electron chi connectivity index (χ1n) is 12.2. The molecular weight excluding hydrogens is 442 g/mol. The summed E-state index contributed by atoms with van der Waals surface area (Å²) in [5, 5.41) is 0.928. The van der Waals surface area contributed by atoms with Crippen molar-refractivity contribution in [1.82, 2.24) is 14.4 Å². The van der Waals surface area contributed by atoms with Crippen LogP contribution >= 0.6 is 0 Å². The summed E-state index contributed by atoms with van der Waals surface area (Å²) in [4.78, 5) is 30.6. The van der Waals surface area contributed by atoms with E-state index in [1.54, 1.807) is 0 Å². The molecule has 4 bridgehead atoms. The van der Waals surface area contributed by atoms with E-state index in [4.69, 9.17) is 9.47 Å². The lowest BCUT2D eigenvalue weighted by molar-refractivity contribution is -0.150. The SMILES string of the molecule is CN(C)C[C@H]1CCN2C=C(C3=C(C(=O)OC3=O)c3cn(c4ccccc34)CCO1)C1C=CC=CC12. The molecule has 0 N–H and O–H groups in total. The average molecular weight is 472 g/mol. The molecule has 0 saturated carbocycles. The van der Waals surface area contributed by atoms with Gasteiger partial charge in [-0.2, -0.15) is 0 Å². The summed E-state index contributed by atoms with van der Waals surface area (Å²) >= 11 is 0. The Morgan fingerprint density at radius 3 is 2.69 bits per heavy atom. The highest BCUT2D eigenvalue weighted by Gasteiger charge is 2.44. The van der Waals surface area contributed by atoms with E-state index in [0.717, 1.165) is 41.5 Å². The second kappa shape index (κ2) is 8.66. The number of cyclic esters (lactones) is 2. The Morgan fingerprint density at radius 1 is 1.03 bits per heavy atom. The second-order valence-corrected chi connectivity index (χ2v) is 9.83. The van der Waals surface area contributed by atoms with Gasteiger partial charge in [-0.1, -0.05) is 42.5 Å².